The minimum atomic E-state index is -0.0607. The van der Waals surface area contributed by atoms with Gasteiger partial charge in [0.05, 0.1) is 7.11 Å². The summed E-state index contributed by atoms with van der Waals surface area (Å²) in [5.41, 5.74) is 4.32. The molecule has 0 aliphatic carbocycles. The van der Waals surface area contributed by atoms with Crippen LogP contribution in [-0.4, -0.2) is 31.6 Å². The molecule has 5 heteroatoms. The number of nitrogens with zero attached hydrogens (tertiary/aromatic N) is 1. The number of carbonyl (C=O) groups excluding carboxylic acids is 1. The van der Waals surface area contributed by atoms with Crippen LogP contribution in [0.25, 0.3) is 10.9 Å². The molecule has 0 fully saturated rings. The third kappa shape index (κ3) is 3.82. The topological polar surface area (TPSA) is 57.4 Å². The minimum absolute atomic E-state index is 0.0607. The van der Waals surface area contributed by atoms with E-state index in [1.54, 1.807) is 7.11 Å². The number of nitrogens with one attached hydrogen (secondary N) is 2. The molecule has 0 radical (unpaired) electrons. The smallest absolute Gasteiger partial charge is 0.221 e. The number of fused-ring (bicyclic) bond motifs is 1. The van der Waals surface area contributed by atoms with Crippen LogP contribution < -0.4 is 15.0 Å². The van der Waals surface area contributed by atoms with E-state index in [-0.39, 0.29) is 5.91 Å². The van der Waals surface area contributed by atoms with Crippen molar-refractivity contribution in [1.29, 1.82) is 0 Å². The van der Waals surface area contributed by atoms with Gasteiger partial charge in [-0.1, -0.05) is 6.92 Å². The molecule has 0 bridgehead atoms. The van der Waals surface area contributed by atoms with Gasteiger partial charge in [0.25, 0.3) is 0 Å². The number of hydrogen-bond acceptors (Lipinski definition) is 3. The van der Waals surface area contributed by atoms with Crippen molar-refractivity contribution >= 4 is 28.2 Å². The summed E-state index contributed by atoms with van der Waals surface area (Å²) in [6.45, 7) is 4.62. The van der Waals surface area contributed by atoms with Crippen LogP contribution in [0.5, 0.6) is 5.75 Å². The van der Waals surface area contributed by atoms with Crippen molar-refractivity contribution < 1.29 is 9.53 Å². The van der Waals surface area contributed by atoms with Crippen LogP contribution in [0, 0.1) is 0 Å². The van der Waals surface area contributed by atoms with E-state index in [4.69, 9.17) is 4.74 Å². The van der Waals surface area contributed by atoms with Crippen LogP contribution in [0.15, 0.2) is 48.7 Å². The first-order chi connectivity index (χ1) is 12.5. The number of rotatable bonds is 6. The zero-order chi connectivity index (χ0) is 18.7. The number of anilines is 2. The maximum Gasteiger partial charge on any atom is 0.221 e. The standard InChI is InChI=1S/C21H25N3O2/c1-14(20-12-22-21-10-9-18(26-4)11-19(20)21)13-24(3)17-7-5-16(6-8-17)23-15(2)25/h5-12,14,22H,13H2,1-4H3,(H,23,25). The van der Waals surface area contributed by atoms with Gasteiger partial charge in [0.15, 0.2) is 0 Å². The second-order valence-electron chi connectivity index (χ2n) is 6.67. The van der Waals surface area contributed by atoms with E-state index in [0.717, 1.165) is 29.2 Å². The van der Waals surface area contributed by atoms with E-state index in [1.807, 2.05) is 30.3 Å². The van der Waals surface area contributed by atoms with Gasteiger partial charge in [-0.15, -0.1) is 0 Å². The molecule has 0 aliphatic rings. The van der Waals surface area contributed by atoms with Crippen molar-refractivity contribution in [2.24, 2.45) is 0 Å². The molecule has 2 N–H and O–H groups in total. The summed E-state index contributed by atoms with van der Waals surface area (Å²) < 4.78 is 5.36. The molecule has 2 aromatic carbocycles. The Kier molecular flexibility index (Phi) is 5.16. The zero-order valence-electron chi connectivity index (χ0n) is 15.7. The van der Waals surface area contributed by atoms with Gasteiger partial charge in [0.1, 0.15) is 5.75 Å². The van der Waals surface area contributed by atoms with Crippen molar-refractivity contribution in [1.82, 2.24) is 4.98 Å². The highest BCUT2D eigenvalue weighted by Crippen LogP contribution is 2.30. The van der Waals surface area contributed by atoms with Crippen LogP contribution in [0.3, 0.4) is 0 Å². The number of aromatic nitrogens is 1. The van der Waals surface area contributed by atoms with Crippen molar-refractivity contribution in [2.45, 2.75) is 19.8 Å². The molecular formula is C21H25N3O2. The first-order valence-corrected chi connectivity index (χ1v) is 8.71. The highest BCUT2D eigenvalue weighted by atomic mass is 16.5. The number of ether oxygens (including phenoxy) is 1. The van der Waals surface area contributed by atoms with Gasteiger partial charge in [-0.2, -0.15) is 0 Å². The van der Waals surface area contributed by atoms with E-state index in [1.165, 1.54) is 17.9 Å². The predicted molar refractivity (Wildman–Crippen MR) is 107 cm³/mol. The summed E-state index contributed by atoms with van der Waals surface area (Å²) in [6.07, 6.45) is 2.09. The molecule has 5 nitrogen and oxygen atoms in total. The molecule has 3 rings (SSSR count). The summed E-state index contributed by atoms with van der Waals surface area (Å²) in [4.78, 5) is 16.7. The molecule has 1 atom stereocenters. The molecule has 26 heavy (non-hydrogen) atoms. The molecule has 0 saturated heterocycles. The molecule has 1 amide bonds. The maximum absolute atomic E-state index is 11.1. The zero-order valence-corrected chi connectivity index (χ0v) is 15.7. The lowest BCUT2D eigenvalue weighted by molar-refractivity contribution is -0.114. The Labute approximate surface area is 154 Å². The number of amides is 1. The predicted octanol–water partition coefficient (Wildman–Crippen LogP) is 4.37. The third-order valence-corrected chi connectivity index (χ3v) is 4.63. The molecule has 1 aromatic heterocycles. The fourth-order valence-corrected chi connectivity index (χ4v) is 3.27. The normalized spacial score (nSPS) is 12.0. The Balaban J connectivity index is 1.74. The summed E-state index contributed by atoms with van der Waals surface area (Å²) in [5.74, 6) is 1.15. The molecule has 0 spiro atoms. The lowest BCUT2D eigenvalue weighted by Crippen LogP contribution is -2.22. The average molecular weight is 351 g/mol. The highest BCUT2D eigenvalue weighted by Gasteiger charge is 2.14. The SMILES string of the molecule is COc1ccc2[nH]cc(C(C)CN(C)c3ccc(NC(C)=O)cc3)c2c1. The largest absolute Gasteiger partial charge is 0.497 e. The molecule has 0 aliphatic heterocycles. The fraction of sp³-hybridized carbons (Fsp3) is 0.286. The fourth-order valence-electron chi connectivity index (χ4n) is 3.27. The number of benzene rings is 2. The second-order valence-corrected chi connectivity index (χ2v) is 6.67. The highest BCUT2D eigenvalue weighted by molar-refractivity contribution is 5.88. The van der Waals surface area contributed by atoms with Gasteiger partial charge in [0, 0.05) is 54.9 Å². The van der Waals surface area contributed by atoms with Crippen LogP contribution in [0.1, 0.15) is 25.3 Å². The van der Waals surface area contributed by atoms with Crippen LogP contribution in [-0.2, 0) is 4.79 Å². The first-order valence-electron chi connectivity index (χ1n) is 8.71. The average Bonchev–Trinajstić information content (AvgIpc) is 3.04. The first kappa shape index (κ1) is 17.9. The van der Waals surface area contributed by atoms with Gasteiger partial charge in [-0.25, -0.2) is 0 Å². The number of hydrogen-bond donors (Lipinski definition) is 2. The van der Waals surface area contributed by atoms with Crippen molar-refractivity contribution in [3.05, 3.63) is 54.2 Å². The van der Waals surface area contributed by atoms with Gasteiger partial charge < -0.3 is 19.9 Å². The van der Waals surface area contributed by atoms with E-state index in [2.05, 4.69) is 47.5 Å². The van der Waals surface area contributed by atoms with E-state index < -0.39 is 0 Å². The van der Waals surface area contributed by atoms with E-state index in [9.17, 15) is 4.79 Å². The number of methoxy groups -OCH3 is 1. The molecule has 1 unspecified atom stereocenters. The van der Waals surface area contributed by atoms with Crippen molar-refractivity contribution in [3.8, 4) is 5.75 Å². The quantitative estimate of drug-likeness (QED) is 0.693. The van der Waals surface area contributed by atoms with E-state index in [0.29, 0.717) is 5.92 Å². The number of H-pyrrole nitrogens is 1. The Morgan fingerprint density at radius 3 is 2.62 bits per heavy atom. The van der Waals surface area contributed by atoms with Crippen LogP contribution in [0.4, 0.5) is 11.4 Å². The number of likely N-dealkylation sites (N-methyl/N-ethyl adjacent to an activating group) is 1. The second kappa shape index (κ2) is 7.52. The summed E-state index contributed by atoms with van der Waals surface area (Å²) >= 11 is 0. The Hall–Kier alpha value is -2.95. The van der Waals surface area contributed by atoms with Crippen molar-refractivity contribution in [3.63, 3.8) is 0 Å². The number of carbonyl (C=O) groups is 1. The Morgan fingerprint density at radius 1 is 1.23 bits per heavy atom. The van der Waals surface area contributed by atoms with E-state index >= 15 is 0 Å². The Morgan fingerprint density at radius 2 is 1.96 bits per heavy atom. The molecular weight excluding hydrogens is 326 g/mol. The summed E-state index contributed by atoms with van der Waals surface area (Å²) in [6, 6.07) is 14.0. The third-order valence-electron chi connectivity index (χ3n) is 4.63. The minimum Gasteiger partial charge on any atom is -0.497 e. The lowest BCUT2D eigenvalue weighted by Gasteiger charge is -2.23. The van der Waals surface area contributed by atoms with Crippen molar-refractivity contribution in [2.75, 3.05) is 30.9 Å². The molecule has 1 heterocycles. The maximum atomic E-state index is 11.1. The van der Waals surface area contributed by atoms with Crippen LogP contribution in [0.2, 0.25) is 0 Å². The van der Waals surface area contributed by atoms with Crippen LogP contribution >= 0.6 is 0 Å². The van der Waals surface area contributed by atoms with Gasteiger partial charge >= 0.3 is 0 Å². The van der Waals surface area contributed by atoms with Gasteiger partial charge in [-0.3, -0.25) is 4.79 Å². The summed E-state index contributed by atoms with van der Waals surface area (Å²) in [7, 11) is 3.77. The Bertz CT molecular complexity index is 899. The van der Waals surface area contributed by atoms with Gasteiger partial charge in [-0.05, 0) is 48.0 Å². The monoisotopic (exact) mass is 351 g/mol. The molecule has 0 saturated carbocycles. The summed E-state index contributed by atoms with van der Waals surface area (Å²) in [5, 5.41) is 3.99. The van der Waals surface area contributed by atoms with Gasteiger partial charge in [0.2, 0.25) is 5.91 Å². The lowest BCUT2D eigenvalue weighted by atomic mass is 9.99. The molecule has 3 aromatic rings. The molecule has 136 valence electrons. The number of aromatic amines is 1.